The molecule has 1 atom stereocenters. The van der Waals surface area contributed by atoms with Gasteiger partial charge in [-0.25, -0.2) is 0 Å². The summed E-state index contributed by atoms with van der Waals surface area (Å²) in [6.07, 6.45) is 4.76. The molecule has 2 nitrogen and oxygen atoms in total. The molecule has 1 N–H and O–H groups in total. The Morgan fingerprint density at radius 1 is 1.38 bits per heavy atom. The molecule has 0 spiro atoms. The Balaban J connectivity index is 2.09. The predicted molar refractivity (Wildman–Crippen MR) is 68.7 cm³/mol. The smallest absolute Gasteiger partial charge is 0.0456 e. The molecule has 0 aliphatic carbocycles. The highest BCUT2D eigenvalue weighted by Gasteiger charge is 2.11. The molecule has 3 heteroatoms. The van der Waals surface area contributed by atoms with Crippen LogP contribution in [0.2, 0.25) is 0 Å². The minimum atomic E-state index is 0.411. The first-order chi connectivity index (χ1) is 7.90. The van der Waals surface area contributed by atoms with E-state index in [1.807, 2.05) is 29.8 Å². The van der Waals surface area contributed by atoms with E-state index in [2.05, 4.69) is 40.8 Å². The summed E-state index contributed by atoms with van der Waals surface area (Å²) in [5.74, 6) is 0. The first kappa shape index (κ1) is 11.3. The van der Waals surface area contributed by atoms with Crippen LogP contribution in [0.3, 0.4) is 0 Å². The van der Waals surface area contributed by atoms with Crippen LogP contribution < -0.4 is 5.32 Å². The normalized spacial score (nSPS) is 12.6. The van der Waals surface area contributed by atoms with Gasteiger partial charge in [0.1, 0.15) is 0 Å². The van der Waals surface area contributed by atoms with E-state index >= 15 is 0 Å². The standard InChI is InChI=1S/C13H16N2S/c1-2-15-12(13-6-4-8-16-13)9-11-5-3-7-14-10-11/h3-8,10,12,15H,2,9H2,1H3. The molecule has 0 fully saturated rings. The van der Waals surface area contributed by atoms with Gasteiger partial charge in [0.05, 0.1) is 0 Å². The predicted octanol–water partition coefficient (Wildman–Crippen LogP) is 3.04. The van der Waals surface area contributed by atoms with Gasteiger partial charge in [-0.3, -0.25) is 4.98 Å². The average Bonchev–Trinajstić information content (AvgIpc) is 2.83. The number of hydrogen-bond acceptors (Lipinski definition) is 3. The van der Waals surface area contributed by atoms with Gasteiger partial charge in [-0.2, -0.15) is 0 Å². The summed E-state index contributed by atoms with van der Waals surface area (Å²) < 4.78 is 0. The number of aromatic nitrogens is 1. The van der Waals surface area contributed by atoms with E-state index in [-0.39, 0.29) is 0 Å². The molecule has 0 saturated carbocycles. The maximum atomic E-state index is 4.15. The van der Waals surface area contributed by atoms with Gasteiger partial charge < -0.3 is 5.32 Å². The van der Waals surface area contributed by atoms with Crippen LogP contribution in [0.25, 0.3) is 0 Å². The average molecular weight is 232 g/mol. The van der Waals surface area contributed by atoms with Crippen molar-refractivity contribution in [3.05, 3.63) is 52.5 Å². The lowest BCUT2D eigenvalue weighted by atomic mass is 10.1. The Bertz CT molecular complexity index is 397. The molecule has 0 aliphatic rings. The fraction of sp³-hybridized carbons (Fsp3) is 0.308. The van der Waals surface area contributed by atoms with Crippen LogP contribution >= 0.6 is 11.3 Å². The van der Waals surface area contributed by atoms with E-state index in [1.54, 1.807) is 0 Å². The van der Waals surface area contributed by atoms with Crippen molar-refractivity contribution < 1.29 is 0 Å². The molecule has 1 unspecified atom stereocenters. The molecule has 2 rings (SSSR count). The van der Waals surface area contributed by atoms with Crippen LogP contribution in [0.15, 0.2) is 42.0 Å². The zero-order valence-corrected chi connectivity index (χ0v) is 10.2. The Kier molecular flexibility index (Phi) is 4.08. The second-order valence-corrected chi connectivity index (χ2v) is 4.67. The maximum Gasteiger partial charge on any atom is 0.0456 e. The Morgan fingerprint density at radius 3 is 2.94 bits per heavy atom. The quantitative estimate of drug-likeness (QED) is 0.857. The van der Waals surface area contributed by atoms with E-state index in [9.17, 15) is 0 Å². The molecule has 0 radical (unpaired) electrons. The topological polar surface area (TPSA) is 24.9 Å². The number of rotatable bonds is 5. The first-order valence-corrected chi connectivity index (χ1v) is 6.44. The second-order valence-electron chi connectivity index (χ2n) is 3.69. The molecule has 0 saturated heterocycles. The first-order valence-electron chi connectivity index (χ1n) is 5.56. The largest absolute Gasteiger partial charge is 0.309 e. The van der Waals surface area contributed by atoms with Gasteiger partial charge in [0.25, 0.3) is 0 Å². The van der Waals surface area contributed by atoms with Gasteiger partial charge in [0.2, 0.25) is 0 Å². The molecular formula is C13H16N2S. The van der Waals surface area contributed by atoms with Gasteiger partial charge in [0, 0.05) is 23.3 Å². The third-order valence-corrected chi connectivity index (χ3v) is 3.49. The Morgan fingerprint density at radius 2 is 2.31 bits per heavy atom. The van der Waals surface area contributed by atoms with Crippen molar-refractivity contribution in [3.8, 4) is 0 Å². The van der Waals surface area contributed by atoms with Crippen molar-refractivity contribution in [2.75, 3.05) is 6.54 Å². The van der Waals surface area contributed by atoms with Crippen LogP contribution in [-0.2, 0) is 6.42 Å². The lowest BCUT2D eigenvalue weighted by Gasteiger charge is -2.16. The number of thiophene rings is 1. The molecule has 0 bridgehead atoms. The summed E-state index contributed by atoms with van der Waals surface area (Å²) in [6, 6.07) is 8.83. The fourth-order valence-corrected chi connectivity index (χ4v) is 2.57. The van der Waals surface area contributed by atoms with E-state index in [4.69, 9.17) is 0 Å². The number of nitrogens with zero attached hydrogens (tertiary/aromatic N) is 1. The zero-order chi connectivity index (χ0) is 11.2. The highest BCUT2D eigenvalue weighted by Crippen LogP contribution is 2.22. The maximum absolute atomic E-state index is 4.15. The third kappa shape index (κ3) is 2.90. The van der Waals surface area contributed by atoms with Crippen LogP contribution in [0.4, 0.5) is 0 Å². The number of nitrogens with one attached hydrogen (secondary N) is 1. The summed E-state index contributed by atoms with van der Waals surface area (Å²) >= 11 is 1.81. The van der Waals surface area contributed by atoms with Gasteiger partial charge in [-0.1, -0.05) is 19.1 Å². The van der Waals surface area contributed by atoms with E-state index < -0.39 is 0 Å². The van der Waals surface area contributed by atoms with Crippen molar-refractivity contribution in [2.45, 2.75) is 19.4 Å². The molecule has 0 amide bonds. The molecular weight excluding hydrogens is 216 g/mol. The fourth-order valence-electron chi connectivity index (χ4n) is 1.76. The summed E-state index contributed by atoms with van der Waals surface area (Å²) in [5.41, 5.74) is 1.28. The van der Waals surface area contributed by atoms with Crippen molar-refractivity contribution in [1.82, 2.24) is 10.3 Å². The number of likely N-dealkylation sites (N-methyl/N-ethyl adjacent to an activating group) is 1. The lowest BCUT2D eigenvalue weighted by Crippen LogP contribution is -2.22. The van der Waals surface area contributed by atoms with Gasteiger partial charge in [-0.05, 0) is 36.0 Å². The summed E-state index contributed by atoms with van der Waals surface area (Å²) in [4.78, 5) is 5.55. The van der Waals surface area contributed by atoms with E-state index in [0.29, 0.717) is 6.04 Å². The number of hydrogen-bond donors (Lipinski definition) is 1. The Labute approximate surface area is 100 Å². The molecule has 84 valence electrons. The minimum absolute atomic E-state index is 0.411. The molecule has 2 aromatic rings. The van der Waals surface area contributed by atoms with Crippen molar-refractivity contribution in [1.29, 1.82) is 0 Å². The summed E-state index contributed by atoms with van der Waals surface area (Å²) in [7, 11) is 0. The SMILES string of the molecule is CCNC(Cc1cccnc1)c1cccs1. The van der Waals surface area contributed by atoms with Crippen molar-refractivity contribution >= 4 is 11.3 Å². The summed E-state index contributed by atoms with van der Waals surface area (Å²) in [6.45, 7) is 3.13. The van der Waals surface area contributed by atoms with E-state index in [0.717, 1.165) is 13.0 Å². The lowest BCUT2D eigenvalue weighted by molar-refractivity contribution is 0.557. The van der Waals surface area contributed by atoms with Crippen molar-refractivity contribution in [3.63, 3.8) is 0 Å². The summed E-state index contributed by atoms with van der Waals surface area (Å²) in [5, 5.41) is 5.64. The Hall–Kier alpha value is -1.19. The van der Waals surface area contributed by atoms with Crippen molar-refractivity contribution in [2.24, 2.45) is 0 Å². The van der Waals surface area contributed by atoms with E-state index in [1.165, 1.54) is 10.4 Å². The van der Waals surface area contributed by atoms with Crippen LogP contribution in [0.1, 0.15) is 23.4 Å². The van der Waals surface area contributed by atoms with Crippen LogP contribution in [-0.4, -0.2) is 11.5 Å². The number of pyridine rings is 1. The zero-order valence-electron chi connectivity index (χ0n) is 9.39. The third-order valence-electron chi connectivity index (χ3n) is 2.50. The molecule has 0 aliphatic heterocycles. The monoisotopic (exact) mass is 232 g/mol. The van der Waals surface area contributed by atoms with Gasteiger partial charge in [-0.15, -0.1) is 11.3 Å². The highest BCUT2D eigenvalue weighted by atomic mass is 32.1. The van der Waals surface area contributed by atoms with Gasteiger partial charge in [0.15, 0.2) is 0 Å². The van der Waals surface area contributed by atoms with Crippen LogP contribution in [0.5, 0.6) is 0 Å². The highest BCUT2D eigenvalue weighted by molar-refractivity contribution is 7.10. The molecule has 0 aromatic carbocycles. The molecule has 2 aromatic heterocycles. The van der Waals surface area contributed by atoms with Gasteiger partial charge >= 0.3 is 0 Å². The molecule has 16 heavy (non-hydrogen) atoms. The molecule has 2 heterocycles. The second kappa shape index (κ2) is 5.77. The van der Waals surface area contributed by atoms with Crippen LogP contribution in [0, 0.1) is 0 Å². The minimum Gasteiger partial charge on any atom is -0.309 e.